The van der Waals surface area contributed by atoms with Gasteiger partial charge in [-0.15, -0.1) is 0 Å². The Morgan fingerprint density at radius 2 is 1.75 bits per heavy atom. The minimum Gasteiger partial charge on any atom is -0.207 e. The molecule has 1 aromatic rings. The summed E-state index contributed by atoms with van der Waals surface area (Å²) in [6.45, 7) is 3.41. The second-order valence-corrected chi connectivity index (χ2v) is 2.38. The van der Waals surface area contributed by atoms with Gasteiger partial charge >= 0.3 is 0 Å². The summed E-state index contributed by atoms with van der Waals surface area (Å²) in [6.07, 6.45) is 0. The summed E-state index contributed by atoms with van der Waals surface area (Å²) < 4.78 is 25.1. The van der Waals surface area contributed by atoms with Crippen LogP contribution >= 0.6 is 0 Å². The third-order valence-corrected chi connectivity index (χ3v) is 1.44. The molecular formula is C9H6F2N. The van der Waals surface area contributed by atoms with Gasteiger partial charge in [0.05, 0.1) is 12.0 Å². The molecule has 0 saturated heterocycles. The molecule has 0 saturated carbocycles. The molecule has 0 fully saturated rings. The second kappa shape index (κ2) is 3.31. The summed E-state index contributed by atoms with van der Waals surface area (Å²) in [5, 5.41) is 8.41. The van der Waals surface area contributed by atoms with E-state index in [1.165, 1.54) is 0 Å². The average Bonchev–Trinajstić information content (AvgIpc) is 2.01. The molecule has 0 aliphatic heterocycles. The largest absolute Gasteiger partial charge is 0.207 e. The van der Waals surface area contributed by atoms with Gasteiger partial charge in [0.1, 0.15) is 11.6 Å². The summed E-state index contributed by atoms with van der Waals surface area (Å²) >= 11 is 0. The molecule has 61 valence electrons. The Morgan fingerprint density at radius 1 is 1.25 bits per heavy atom. The summed E-state index contributed by atoms with van der Waals surface area (Å²) in [4.78, 5) is 0. The molecular weight excluding hydrogens is 160 g/mol. The van der Waals surface area contributed by atoms with E-state index < -0.39 is 17.6 Å². The van der Waals surface area contributed by atoms with Crippen LogP contribution in [0.1, 0.15) is 11.5 Å². The first-order valence-corrected chi connectivity index (χ1v) is 3.32. The van der Waals surface area contributed by atoms with Gasteiger partial charge in [0, 0.05) is 6.07 Å². The van der Waals surface area contributed by atoms with Gasteiger partial charge < -0.3 is 0 Å². The molecule has 1 aromatic carbocycles. The van der Waals surface area contributed by atoms with Crippen LogP contribution in [0.5, 0.6) is 0 Å². The summed E-state index contributed by atoms with van der Waals surface area (Å²) in [5.41, 5.74) is 0.259. The van der Waals surface area contributed by atoms with E-state index in [0.717, 1.165) is 18.2 Å². The number of halogens is 2. The maximum absolute atomic E-state index is 12.5. The van der Waals surface area contributed by atoms with E-state index in [2.05, 4.69) is 6.92 Å². The van der Waals surface area contributed by atoms with Crippen LogP contribution < -0.4 is 0 Å². The zero-order valence-corrected chi connectivity index (χ0v) is 6.22. The fraction of sp³-hybridized carbons (Fsp3) is 0.111. The first-order chi connectivity index (χ1) is 5.63. The molecule has 1 rings (SSSR count). The van der Waals surface area contributed by atoms with Crippen LogP contribution in [0.25, 0.3) is 0 Å². The Bertz CT molecular complexity index is 308. The summed E-state index contributed by atoms with van der Waals surface area (Å²) in [7, 11) is 0. The first-order valence-electron chi connectivity index (χ1n) is 3.32. The van der Waals surface area contributed by atoms with Crippen LogP contribution in [-0.4, -0.2) is 0 Å². The SMILES string of the molecule is [CH2]C(C#N)c1cc(F)cc(F)c1. The molecule has 0 aliphatic rings. The maximum atomic E-state index is 12.5. The molecule has 1 radical (unpaired) electrons. The van der Waals surface area contributed by atoms with E-state index >= 15 is 0 Å². The van der Waals surface area contributed by atoms with Crippen molar-refractivity contribution in [2.45, 2.75) is 5.92 Å². The van der Waals surface area contributed by atoms with E-state index in [9.17, 15) is 8.78 Å². The predicted molar refractivity (Wildman–Crippen MR) is 40.1 cm³/mol. The van der Waals surface area contributed by atoms with Crippen molar-refractivity contribution >= 4 is 0 Å². The number of hydrogen-bond donors (Lipinski definition) is 0. The van der Waals surface area contributed by atoms with Crippen molar-refractivity contribution in [3.8, 4) is 6.07 Å². The summed E-state index contributed by atoms with van der Waals surface area (Å²) in [5.74, 6) is -2.10. The average molecular weight is 166 g/mol. The monoisotopic (exact) mass is 166 g/mol. The molecule has 3 heteroatoms. The van der Waals surface area contributed by atoms with Gasteiger partial charge in [-0.05, 0) is 24.6 Å². The van der Waals surface area contributed by atoms with Gasteiger partial charge in [-0.1, -0.05) is 0 Å². The Labute approximate surface area is 69.2 Å². The minimum atomic E-state index is -0.727. The topological polar surface area (TPSA) is 23.8 Å². The quantitative estimate of drug-likeness (QED) is 0.628. The number of nitrogens with zero attached hydrogens (tertiary/aromatic N) is 1. The molecule has 0 heterocycles. The molecule has 0 aromatic heterocycles. The van der Waals surface area contributed by atoms with Crippen LogP contribution in [0.4, 0.5) is 8.78 Å². The third-order valence-electron chi connectivity index (χ3n) is 1.44. The Balaban J connectivity index is 3.10. The fourth-order valence-electron chi connectivity index (χ4n) is 0.851. The van der Waals surface area contributed by atoms with Crippen molar-refractivity contribution in [3.63, 3.8) is 0 Å². The van der Waals surface area contributed by atoms with Gasteiger partial charge in [0.25, 0.3) is 0 Å². The molecule has 1 unspecified atom stereocenters. The van der Waals surface area contributed by atoms with Crippen molar-refractivity contribution in [3.05, 3.63) is 42.3 Å². The zero-order valence-electron chi connectivity index (χ0n) is 6.22. The van der Waals surface area contributed by atoms with Crippen molar-refractivity contribution in [1.82, 2.24) is 0 Å². The maximum Gasteiger partial charge on any atom is 0.126 e. The second-order valence-electron chi connectivity index (χ2n) is 2.38. The molecule has 1 atom stereocenters. The van der Waals surface area contributed by atoms with E-state index in [1.54, 1.807) is 6.07 Å². The molecule has 0 N–H and O–H groups in total. The van der Waals surface area contributed by atoms with Crippen molar-refractivity contribution < 1.29 is 8.78 Å². The normalized spacial score (nSPS) is 12.2. The lowest BCUT2D eigenvalue weighted by atomic mass is 10.0. The van der Waals surface area contributed by atoms with Gasteiger partial charge in [-0.25, -0.2) is 8.78 Å². The number of nitriles is 1. The van der Waals surface area contributed by atoms with E-state index in [4.69, 9.17) is 5.26 Å². The van der Waals surface area contributed by atoms with E-state index in [0.29, 0.717) is 0 Å². The van der Waals surface area contributed by atoms with Crippen molar-refractivity contribution in [2.75, 3.05) is 0 Å². The lowest BCUT2D eigenvalue weighted by Gasteiger charge is -2.01. The van der Waals surface area contributed by atoms with E-state index in [1.807, 2.05) is 0 Å². The Kier molecular flexibility index (Phi) is 2.39. The highest BCUT2D eigenvalue weighted by Gasteiger charge is 2.06. The third kappa shape index (κ3) is 1.79. The van der Waals surface area contributed by atoms with Crippen LogP contribution in [0.3, 0.4) is 0 Å². The standard InChI is InChI=1S/C9H6F2N/c1-6(5-12)7-2-8(10)4-9(11)3-7/h2-4,6H,1H2. The Hall–Kier alpha value is -1.43. The molecule has 0 bridgehead atoms. The van der Waals surface area contributed by atoms with Crippen LogP contribution in [0, 0.1) is 29.9 Å². The highest BCUT2D eigenvalue weighted by molar-refractivity contribution is 5.27. The minimum absolute atomic E-state index is 0.259. The highest BCUT2D eigenvalue weighted by Crippen LogP contribution is 2.16. The molecule has 1 nitrogen and oxygen atoms in total. The molecule has 0 amide bonds. The lowest BCUT2D eigenvalue weighted by Crippen LogP contribution is -1.92. The first kappa shape index (κ1) is 8.66. The smallest absolute Gasteiger partial charge is 0.126 e. The van der Waals surface area contributed by atoms with Gasteiger partial charge in [0.15, 0.2) is 0 Å². The van der Waals surface area contributed by atoms with Crippen LogP contribution in [0.15, 0.2) is 18.2 Å². The van der Waals surface area contributed by atoms with E-state index in [-0.39, 0.29) is 5.56 Å². The van der Waals surface area contributed by atoms with Crippen LogP contribution in [0.2, 0.25) is 0 Å². The molecule has 12 heavy (non-hydrogen) atoms. The number of benzene rings is 1. The van der Waals surface area contributed by atoms with Crippen LogP contribution in [-0.2, 0) is 0 Å². The lowest BCUT2D eigenvalue weighted by molar-refractivity contribution is 0.579. The van der Waals surface area contributed by atoms with Crippen molar-refractivity contribution in [2.24, 2.45) is 0 Å². The van der Waals surface area contributed by atoms with Gasteiger partial charge in [0.2, 0.25) is 0 Å². The summed E-state index contributed by atoms with van der Waals surface area (Å²) in [6, 6.07) is 4.75. The highest BCUT2D eigenvalue weighted by atomic mass is 19.1. The Morgan fingerprint density at radius 3 is 2.17 bits per heavy atom. The predicted octanol–water partition coefficient (Wildman–Crippen LogP) is 2.41. The zero-order chi connectivity index (χ0) is 9.14. The number of hydrogen-bond acceptors (Lipinski definition) is 1. The van der Waals surface area contributed by atoms with Gasteiger partial charge in [-0.3, -0.25) is 0 Å². The molecule has 0 spiro atoms. The van der Waals surface area contributed by atoms with Crippen molar-refractivity contribution in [1.29, 1.82) is 5.26 Å². The molecule has 0 aliphatic carbocycles. The fourth-order valence-corrected chi connectivity index (χ4v) is 0.851. The van der Waals surface area contributed by atoms with Gasteiger partial charge in [-0.2, -0.15) is 5.26 Å². The number of rotatable bonds is 1.